The van der Waals surface area contributed by atoms with Crippen LogP contribution in [0.4, 0.5) is 13.2 Å². The van der Waals surface area contributed by atoms with Crippen LogP contribution in [0.3, 0.4) is 0 Å². The summed E-state index contributed by atoms with van der Waals surface area (Å²) in [6.45, 7) is 0.973. The first-order valence-electron chi connectivity index (χ1n) is 7.32. The average Bonchev–Trinajstić information content (AvgIpc) is 2.52. The number of ketones is 1. The molecule has 0 saturated heterocycles. The number of aliphatic carboxylic acids is 1. The molecule has 0 bridgehead atoms. The van der Waals surface area contributed by atoms with Crippen LogP contribution in [0.2, 0.25) is 0 Å². The van der Waals surface area contributed by atoms with Crippen LogP contribution >= 0.6 is 0 Å². The highest BCUT2D eigenvalue weighted by molar-refractivity contribution is 5.97. The van der Waals surface area contributed by atoms with Gasteiger partial charge in [0.05, 0.1) is 12.0 Å². The zero-order valence-corrected chi connectivity index (χ0v) is 13.3. The molecule has 4 nitrogen and oxygen atoms in total. The standard InChI is InChI=1S/C18H15F3O4/c1-11(22)14-9-15(18(19,20)21)16(7-13(14)8-17(23)24)25-10-12-5-3-2-4-6-12/h2-7,9H,8,10H2,1H3,(H,23,24). The fourth-order valence-electron chi connectivity index (χ4n) is 2.34. The third kappa shape index (κ3) is 4.82. The number of benzene rings is 2. The predicted octanol–water partition coefficient (Wildman–Crippen LogP) is 4.11. The van der Waals surface area contributed by atoms with E-state index in [1.54, 1.807) is 30.3 Å². The van der Waals surface area contributed by atoms with Crippen LogP contribution in [0.5, 0.6) is 5.75 Å². The van der Waals surface area contributed by atoms with E-state index in [1.165, 1.54) is 0 Å². The lowest BCUT2D eigenvalue weighted by atomic mass is 9.97. The first-order valence-corrected chi connectivity index (χ1v) is 7.32. The third-order valence-corrected chi connectivity index (χ3v) is 3.47. The topological polar surface area (TPSA) is 63.6 Å². The molecule has 7 heteroatoms. The number of carboxylic acid groups (broad SMARTS) is 1. The van der Waals surface area contributed by atoms with Gasteiger partial charge in [0.25, 0.3) is 0 Å². The zero-order valence-electron chi connectivity index (χ0n) is 13.3. The van der Waals surface area contributed by atoms with Crippen LogP contribution in [0.25, 0.3) is 0 Å². The molecule has 0 aliphatic rings. The lowest BCUT2D eigenvalue weighted by Crippen LogP contribution is -2.14. The van der Waals surface area contributed by atoms with Crippen LogP contribution in [-0.4, -0.2) is 16.9 Å². The molecule has 0 atom stereocenters. The molecule has 25 heavy (non-hydrogen) atoms. The van der Waals surface area contributed by atoms with Crippen molar-refractivity contribution in [1.29, 1.82) is 0 Å². The molecule has 0 aliphatic carbocycles. The van der Waals surface area contributed by atoms with E-state index in [2.05, 4.69) is 0 Å². The molecule has 132 valence electrons. The van der Waals surface area contributed by atoms with Crippen molar-refractivity contribution in [2.45, 2.75) is 26.1 Å². The lowest BCUT2D eigenvalue weighted by molar-refractivity contribution is -0.139. The van der Waals surface area contributed by atoms with Gasteiger partial charge in [-0.25, -0.2) is 0 Å². The van der Waals surface area contributed by atoms with E-state index < -0.39 is 35.7 Å². The first-order chi connectivity index (χ1) is 11.7. The maximum atomic E-state index is 13.3. The first kappa shape index (κ1) is 18.5. The van der Waals surface area contributed by atoms with Crippen LogP contribution < -0.4 is 4.74 Å². The Morgan fingerprint density at radius 3 is 2.28 bits per heavy atom. The van der Waals surface area contributed by atoms with Crippen molar-refractivity contribution in [3.8, 4) is 5.75 Å². The van der Waals surface area contributed by atoms with Gasteiger partial charge in [0, 0.05) is 5.56 Å². The highest BCUT2D eigenvalue weighted by Crippen LogP contribution is 2.38. The molecule has 2 aromatic rings. The number of ether oxygens (including phenoxy) is 1. The maximum Gasteiger partial charge on any atom is 0.419 e. The van der Waals surface area contributed by atoms with E-state index in [1.807, 2.05) is 0 Å². The van der Waals surface area contributed by atoms with E-state index >= 15 is 0 Å². The molecule has 0 spiro atoms. The molecule has 2 rings (SSSR count). The number of alkyl halides is 3. The second-order valence-corrected chi connectivity index (χ2v) is 5.40. The molecule has 2 aromatic carbocycles. The van der Waals surface area contributed by atoms with Gasteiger partial charge in [-0.2, -0.15) is 13.2 Å². The van der Waals surface area contributed by atoms with E-state index in [-0.39, 0.29) is 17.7 Å². The minimum Gasteiger partial charge on any atom is -0.488 e. The number of carbonyl (C=O) groups excluding carboxylic acids is 1. The Kier molecular flexibility index (Phi) is 5.46. The van der Waals surface area contributed by atoms with Gasteiger partial charge in [0.1, 0.15) is 12.4 Å². The fourth-order valence-corrected chi connectivity index (χ4v) is 2.34. The molecular weight excluding hydrogens is 337 g/mol. The molecule has 0 saturated carbocycles. The van der Waals surface area contributed by atoms with Crippen molar-refractivity contribution in [1.82, 2.24) is 0 Å². The van der Waals surface area contributed by atoms with Crippen molar-refractivity contribution < 1.29 is 32.6 Å². The lowest BCUT2D eigenvalue weighted by Gasteiger charge is -2.17. The Morgan fingerprint density at radius 1 is 1.12 bits per heavy atom. The summed E-state index contributed by atoms with van der Waals surface area (Å²) in [6.07, 6.45) is -5.31. The number of hydrogen-bond donors (Lipinski definition) is 1. The van der Waals surface area contributed by atoms with Crippen molar-refractivity contribution in [2.75, 3.05) is 0 Å². The van der Waals surface area contributed by atoms with Gasteiger partial charge in [-0.1, -0.05) is 30.3 Å². The SMILES string of the molecule is CC(=O)c1cc(C(F)(F)F)c(OCc2ccccc2)cc1CC(=O)O. The van der Waals surface area contributed by atoms with Gasteiger partial charge >= 0.3 is 12.1 Å². The van der Waals surface area contributed by atoms with E-state index in [9.17, 15) is 22.8 Å². The monoisotopic (exact) mass is 352 g/mol. The third-order valence-electron chi connectivity index (χ3n) is 3.47. The minimum absolute atomic E-state index is 0.0175. The number of hydrogen-bond acceptors (Lipinski definition) is 3. The normalized spacial score (nSPS) is 11.2. The molecule has 0 unspecified atom stereocenters. The molecule has 0 amide bonds. The molecule has 1 N–H and O–H groups in total. The highest BCUT2D eigenvalue weighted by atomic mass is 19.4. The van der Waals surface area contributed by atoms with Crippen molar-refractivity contribution >= 4 is 11.8 Å². The van der Waals surface area contributed by atoms with Gasteiger partial charge < -0.3 is 9.84 Å². The number of Topliss-reactive ketones (excluding diaryl/α,β-unsaturated/α-hetero) is 1. The Hall–Kier alpha value is -2.83. The van der Waals surface area contributed by atoms with Crippen molar-refractivity contribution in [3.05, 3.63) is 64.7 Å². The Bertz CT molecular complexity index is 783. The van der Waals surface area contributed by atoms with Gasteiger partial charge in [-0.3, -0.25) is 9.59 Å². The van der Waals surface area contributed by atoms with Gasteiger partial charge in [0.2, 0.25) is 0 Å². The molecule has 0 aromatic heterocycles. The van der Waals surface area contributed by atoms with Crippen molar-refractivity contribution in [2.24, 2.45) is 0 Å². The van der Waals surface area contributed by atoms with Crippen LogP contribution in [0.15, 0.2) is 42.5 Å². The number of carboxylic acids is 1. The highest BCUT2D eigenvalue weighted by Gasteiger charge is 2.36. The summed E-state index contributed by atoms with van der Waals surface area (Å²) in [5, 5.41) is 8.93. The van der Waals surface area contributed by atoms with Crippen molar-refractivity contribution in [3.63, 3.8) is 0 Å². The molecule has 0 radical (unpaired) electrons. The Balaban J connectivity index is 2.47. The summed E-state index contributed by atoms with van der Waals surface area (Å²) in [5.74, 6) is -2.40. The summed E-state index contributed by atoms with van der Waals surface area (Å²) in [4.78, 5) is 22.6. The second-order valence-electron chi connectivity index (χ2n) is 5.40. The largest absolute Gasteiger partial charge is 0.488 e. The Morgan fingerprint density at radius 2 is 1.76 bits per heavy atom. The zero-order chi connectivity index (χ0) is 18.6. The minimum atomic E-state index is -4.74. The smallest absolute Gasteiger partial charge is 0.419 e. The van der Waals surface area contributed by atoms with E-state index in [0.717, 1.165) is 13.0 Å². The second kappa shape index (κ2) is 7.38. The van der Waals surface area contributed by atoms with Crippen LogP contribution in [0.1, 0.15) is 34.0 Å². The quantitative estimate of drug-likeness (QED) is 0.795. The summed E-state index contributed by atoms with van der Waals surface area (Å²) >= 11 is 0. The fraction of sp³-hybridized carbons (Fsp3) is 0.222. The molecule has 0 heterocycles. The summed E-state index contributed by atoms with van der Waals surface area (Å²) in [6, 6.07) is 10.2. The molecule has 0 fully saturated rings. The predicted molar refractivity (Wildman–Crippen MR) is 83.6 cm³/mol. The summed E-state index contributed by atoms with van der Waals surface area (Å²) in [5.41, 5.74) is -0.744. The van der Waals surface area contributed by atoms with Crippen LogP contribution in [0, 0.1) is 0 Å². The van der Waals surface area contributed by atoms with Gasteiger partial charge in [-0.05, 0) is 30.2 Å². The number of rotatable bonds is 6. The van der Waals surface area contributed by atoms with Gasteiger partial charge in [-0.15, -0.1) is 0 Å². The summed E-state index contributed by atoms with van der Waals surface area (Å²) < 4.78 is 45.2. The maximum absolute atomic E-state index is 13.3. The van der Waals surface area contributed by atoms with Crippen LogP contribution in [-0.2, 0) is 24.0 Å². The van der Waals surface area contributed by atoms with Gasteiger partial charge in [0.15, 0.2) is 5.78 Å². The summed E-state index contributed by atoms with van der Waals surface area (Å²) in [7, 11) is 0. The van der Waals surface area contributed by atoms with E-state index in [4.69, 9.17) is 9.84 Å². The number of carbonyl (C=O) groups is 2. The average molecular weight is 352 g/mol. The number of halogens is 3. The van der Waals surface area contributed by atoms with E-state index in [0.29, 0.717) is 11.6 Å². The molecular formula is C18H15F3O4. The molecule has 0 aliphatic heterocycles. The Labute approximate surface area is 141 Å².